The zero-order valence-electron chi connectivity index (χ0n) is 16.1. The van der Waals surface area contributed by atoms with Crippen LogP contribution in [-0.4, -0.2) is 40.7 Å². The number of ether oxygens (including phenoxy) is 2. The first-order valence-corrected chi connectivity index (χ1v) is 10.4. The van der Waals surface area contributed by atoms with Crippen LogP contribution in [0.15, 0.2) is 51.8 Å². The molecule has 31 heavy (non-hydrogen) atoms. The number of rotatable bonds is 7. The van der Waals surface area contributed by atoms with Crippen LogP contribution < -0.4 is 4.74 Å². The van der Waals surface area contributed by atoms with Crippen LogP contribution in [0.4, 0.5) is 10.5 Å². The summed E-state index contributed by atoms with van der Waals surface area (Å²) in [6, 6.07) is 10.9. The third-order valence-electron chi connectivity index (χ3n) is 4.22. The summed E-state index contributed by atoms with van der Waals surface area (Å²) in [6.45, 7) is -0.540. The molecule has 0 radical (unpaired) electrons. The first kappa shape index (κ1) is 22.5. The summed E-state index contributed by atoms with van der Waals surface area (Å²) in [7, 11) is 1.24. The fourth-order valence-electron chi connectivity index (χ4n) is 2.73. The first-order chi connectivity index (χ1) is 14.8. The van der Waals surface area contributed by atoms with E-state index in [1.165, 1.54) is 31.4 Å². The van der Waals surface area contributed by atoms with Crippen molar-refractivity contribution in [2.45, 2.75) is 6.54 Å². The average molecular weight is 507 g/mol. The Labute approximate surface area is 189 Å². The van der Waals surface area contributed by atoms with Gasteiger partial charge in [-0.1, -0.05) is 34.1 Å². The van der Waals surface area contributed by atoms with E-state index < -0.39 is 22.0 Å². The molecule has 1 heterocycles. The lowest BCUT2D eigenvalue weighted by Crippen LogP contribution is -2.27. The van der Waals surface area contributed by atoms with Crippen LogP contribution in [0.5, 0.6) is 5.75 Å². The van der Waals surface area contributed by atoms with Crippen LogP contribution in [0.2, 0.25) is 0 Å². The molecule has 0 aromatic heterocycles. The number of amides is 2. The Morgan fingerprint density at radius 2 is 2.00 bits per heavy atom. The molecule has 11 heteroatoms. The number of hydrogen-bond acceptors (Lipinski definition) is 8. The minimum atomic E-state index is -0.577. The van der Waals surface area contributed by atoms with Crippen LogP contribution in [0.1, 0.15) is 11.1 Å². The van der Waals surface area contributed by atoms with Crippen LogP contribution in [0.3, 0.4) is 0 Å². The van der Waals surface area contributed by atoms with E-state index in [2.05, 4.69) is 20.7 Å². The smallest absolute Gasteiger partial charge is 0.343 e. The van der Waals surface area contributed by atoms with E-state index in [9.17, 15) is 24.5 Å². The number of methoxy groups -OCH3 is 1. The number of esters is 1. The number of nitro groups is 1. The first-order valence-electron chi connectivity index (χ1n) is 8.77. The third kappa shape index (κ3) is 5.30. The number of hydrogen-bond donors (Lipinski definition) is 0. The predicted octanol–water partition coefficient (Wildman–Crippen LogP) is 4.15. The lowest BCUT2D eigenvalue weighted by Gasteiger charge is -2.12. The summed E-state index contributed by atoms with van der Waals surface area (Å²) >= 11 is 4.05. The average Bonchev–Trinajstić information content (AvgIpc) is 3.00. The Balaban J connectivity index is 1.86. The lowest BCUT2D eigenvalue weighted by atomic mass is 10.1. The van der Waals surface area contributed by atoms with Crippen LogP contribution in [-0.2, 0) is 20.9 Å². The van der Waals surface area contributed by atoms with Gasteiger partial charge >= 0.3 is 5.97 Å². The van der Waals surface area contributed by atoms with Crippen molar-refractivity contribution >= 4 is 56.6 Å². The van der Waals surface area contributed by atoms with Gasteiger partial charge in [0.05, 0.1) is 23.5 Å². The summed E-state index contributed by atoms with van der Waals surface area (Å²) in [5.41, 5.74) is 0.547. The Hall–Kier alpha value is -3.18. The molecule has 2 aromatic carbocycles. The Kier molecular flexibility index (Phi) is 7.08. The predicted molar refractivity (Wildman–Crippen MR) is 116 cm³/mol. The maximum Gasteiger partial charge on any atom is 0.343 e. The van der Waals surface area contributed by atoms with Crippen LogP contribution >= 0.6 is 27.7 Å². The van der Waals surface area contributed by atoms with Crippen molar-refractivity contribution in [3.63, 3.8) is 0 Å². The van der Waals surface area contributed by atoms with Gasteiger partial charge in [0.1, 0.15) is 5.75 Å². The zero-order valence-corrected chi connectivity index (χ0v) is 18.5. The van der Waals surface area contributed by atoms with E-state index >= 15 is 0 Å². The number of nitro benzene ring substituents is 1. The highest BCUT2D eigenvalue weighted by Crippen LogP contribution is 2.36. The highest BCUT2D eigenvalue weighted by atomic mass is 79.9. The molecule has 0 atom stereocenters. The second-order valence-electron chi connectivity index (χ2n) is 6.20. The molecule has 1 aliphatic rings. The molecule has 0 saturated carbocycles. The number of carbonyl (C=O) groups is 3. The summed E-state index contributed by atoms with van der Waals surface area (Å²) in [5.74, 6) is -0.829. The molecule has 3 rings (SSSR count). The number of carbonyl (C=O) groups excluding carboxylic acids is 3. The minimum Gasteiger partial charge on any atom is -0.481 e. The molecule has 1 saturated heterocycles. The third-order valence-corrected chi connectivity index (χ3v) is 5.62. The molecule has 0 N–H and O–H groups in total. The molecule has 0 spiro atoms. The molecule has 0 unspecified atom stereocenters. The van der Waals surface area contributed by atoms with Crippen molar-refractivity contribution in [1.82, 2.24) is 4.90 Å². The number of halogens is 1. The topological polar surface area (TPSA) is 116 Å². The van der Waals surface area contributed by atoms with Gasteiger partial charge in [-0.3, -0.25) is 24.6 Å². The molecule has 1 fully saturated rings. The summed E-state index contributed by atoms with van der Waals surface area (Å²) in [5, 5.41) is 10.7. The quantitative estimate of drug-likeness (QED) is 0.238. The molecule has 2 aromatic rings. The highest BCUT2D eigenvalue weighted by Gasteiger charge is 2.36. The second-order valence-corrected chi connectivity index (χ2v) is 8.11. The SMILES string of the molecule is COC(=O)COc1ccc(Br)cc1/C=C1/SC(=O)N(Cc2ccccc2[N+](=O)[O-])C1=O. The largest absolute Gasteiger partial charge is 0.481 e. The van der Waals surface area contributed by atoms with Crippen molar-refractivity contribution in [1.29, 1.82) is 0 Å². The molecular weight excluding hydrogens is 492 g/mol. The van der Waals surface area contributed by atoms with Gasteiger partial charge in [-0.2, -0.15) is 0 Å². The Morgan fingerprint density at radius 1 is 1.26 bits per heavy atom. The number of nitrogens with zero attached hydrogens (tertiary/aromatic N) is 2. The van der Waals surface area contributed by atoms with Gasteiger partial charge in [-0.25, -0.2) is 4.79 Å². The molecule has 0 aliphatic carbocycles. The number of para-hydroxylation sites is 1. The van der Waals surface area contributed by atoms with E-state index in [1.807, 2.05) is 0 Å². The highest BCUT2D eigenvalue weighted by molar-refractivity contribution is 9.10. The van der Waals surface area contributed by atoms with E-state index in [-0.39, 0.29) is 29.3 Å². The van der Waals surface area contributed by atoms with Gasteiger partial charge in [0, 0.05) is 21.7 Å². The van der Waals surface area contributed by atoms with E-state index in [4.69, 9.17) is 4.74 Å². The fraction of sp³-hybridized carbons (Fsp3) is 0.150. The van der Waals surface area contributed by atoms with E-state index in [0.29, 0.717) is 15.8 Å². The fourth-order valence-corrected chi connectivity index (χ4v) is 3.94. The van der Waals surface area contributed by atoms with Gasteiger partial charge < -0.3 is 9.47 Å². The summed E-state index contributed by atoms with van der Waals surface area (Å²) in [6.07, 6.45) is 1.47. The van der Waals surface area contributed by atoms with Crippen molar-refractivity contribution in [3.8, 4) is 5.75 Å². The Bertz CT molecular complexity index is 1100. The molecule has 1 aliphatic heterocycles. The maximum absolute atomic E-state index is 12.8. The van der Waals surface area contributed by atoms with E-state index in [0.717, 1.165) is 16.7 Å². The lowest BCUT2D eigenvalue weighted by molar-refractivity contribution is -0.385. The van der Waals surface area contributed by atoms with Gasteiger partial charge in [-0.05, 0) is 36.0 Å². The molecule has 2 amide bonds. The van der Waals surface area contributed by atoms with Gasteiger partial charge in [0.25, 0.3) is 16.8 Å². The van der Waals surface area contributed by atoms with E-state index in [1.54, 1.807) is 24.3 Å². The van der Waals surface area contributed by atoms with Crippen molar-refractivity contribution < 1.29 is 28.8 Å². The normalized spacial score (nSPS) is 14.8. The van der Waals surface area contributed by atoms with Gasteiger partial charge in [0.15, 0.2) is 6.61 Å². The Morgan fingerprint density at radius 3 is 2.71 bits per heavy atom. The number of benzene rings is 2. The van der Waals surface area contributed by atoms with Gasteiger partial charge in [-0.15, -0.1) is 0 Å². The minimum absolute atomic E-state index is 0.129. The molecular formula is C20H15BrN2O7S. The van der Waals surface area contributed by atoms with Crippen molar-refractivity contribution in [2.75, 3.05) is 13.7 Å². The van der Waals surface area contributed by atoms with Crippen molar-refractivity contribution in [3.05, 3.63) is 73.1 Å². The van der Waals surface area contributed by atoms with Crippen LogP contribution in [0, 0.1) is 10.1 Å². The van der Waals surface area contributed by atoms with Gasteiger partial charge in [0.2, 0.25) is 0 Å². The summed E-state index contributed by atoms with van der Waals surface area (Å²) in [4.78, 5) is 48.4. The summed E-state index contributed by atoms with van der Waals surface area (Å²) < 4.78 is 10.7. The standard InChI is InChI=1S/C20H15BrN2O7S/c1-29-18(24)11-30-16-7-6-14(21)8-13(16)9-17-19(25)22(20(26)31-17)10-12-4-2-3-5-15(12)23(27)28/h2-9H,10-11H2,1H3/b17-9+. The second kappa shape index (κ2) is 9.75. The van der Waals surface area contributed by atoms with Crippen LogP contribution in [0.25, 0.3) is 6.08 Å². The number of imide groups is 1. The zero-order chi connectivity index (χ0) is 22.5. The monoisotopic (exact) mass is 506 g/mol. The van der Waals surface area contributed by atoms with Crippen molar-refractivity contribution in [2.24, 2.45) is 0 Å². The maximum atomic E-state index is 12.8. The molecule has 9 nitrogen and oxygen atoms in total. The number of thioether (sulfide) groups is 1. The molecule has 160 valence electrons. The molecule has 0 bridgehead atoms.